The van der Waals surface area contributed by atoms with Crippen LogP contribution in [0.5, 0.6) is 11.5 Å². The second-order valence-electron chi connectivity index (χ2n) is 7.53. The van der Waals surface area contributed by atoms with Crippen LogP contribution in [0, 0.1) is 0 Å². The first-order valence-electron chi connectivity index (χ1n) is 10.2. The van der Waals surface area contributed by atoms with Gasteiger partial charge in [-0.2, -0.15) is 0 Å². The molecule has 162 valence electrons. The number of aliphatic hydroxyl groups is 1. The Labute approximate surface area is 183 Å². The molecule has 0 saturated carbocycles. The van der Waals surface area contributed by atoms with Crippen LogP contribution < -0.4 is 9.47 Å². The highest BCUT2D eigenvalue weighted by atomic mass is 32.1. The Hall–Kier alpha value is -2.88. The lowest BCUT2D eigenvalue weighted by molar-refractivity contribution is -0.140. The highest BCUT2D eigenvalue weighted by Gasteiger charge is 2.46. The number of carbonyl (C=O) groups is 2. The molecule has 1 aromatic heterocycles. The van der Waals surface area contributed by atoms with Crippen molar-refractivity contribution in [3.05, 3.63) is 51.7 Å². The fraction of sp³-hybridized carbons (Fsp3) is 0.364. The minimum absolute atomic E-state index is 0.105. The standard InChI is InChI=1S/C22H22N2O6S/c25-20(14-3-4-15-16(12-14)30-13-29-15)18-19(17-2-1-11-31-17)24(22(27)21(18)26)6-5-23-7-9-28-10-8-23/h1-4,11-12,19,25H,5-10,13H2/b20-18+. The zero-order valence-electron chi connectivity index (χ0n) is 16.8. The van der Waals surface area contributed by atoms with Crippen LogP contribution in [0.25, 0.3) is 5.76 Å². The monoisotopic (exact) mass is 442 g/mol. The molecule has 0 spiro atoms. The number of fused-ring (bicyclic) bond motifs is 1. The average molecular weight is 442 g/mol. The van der Waals surface area contributed by atoms with Crippen LogP contribution in [0.15, 0.2) is 41.3 Å². The SMILES string of the molecule is O=C1C(=O)N(CCN2CCOCC2)C(c2cccs2)/C1=C(\O)c1ccc2c(c1)OCO2. The number of benzene rings is 1. The van der Waals surface area contributed by atoms with E-state index in [2.05, 4.69) is 4.90 Å². The number of rotatable bonds is 5. The van der Waals surface area contributed by atoms with Gasteiger partial charge in [0.05, 0.1) is 24.8 Å². The number of morpholine rings is 1. The smallest absolute Gasteiger partial charge is 0.295 e. The molecule has 3 aliphatic heterocycles. The van der Waals surface area contributed by atoms with Crippen LogP contribution in [0.3, 0.4) is 0 Å². The van der Waals surface area contributed by atoms with E-state index < -0.39 is 17.7 Å². The van der Waals surface area contributed by atoms with Gasteiger partial charge in [-0.3, -0.25) is 14.5 Å². The number of aliphatic hydroxyl groups excluding tert-OH is 1. The van der Waals surface area contributed by atoms with Crippen LogP contribution in [-0.4, -0.2) is 72.8 Å². The molecule has 31 heavy (non-hydrogen) atoms. The topological polar surface area (TPSA) is 88.5 Å². The number of ether oxygens (including phenoxy) is 3. The largest absolute Gasteiger partial charge is 0.507 e. The van der Waals surface area contributed by atoms with Crippen molar-refractivity contribution < 1.29 is 28.9 Å². The third kappa shape index (κ3) is 3.69. The van der Waals surface area contributed by atoms with E-state index in [4.69, 9.17) is 14.2 Å². The van der Waals surface area contributed by atoms with Crippen molar-refractivity contribution in [1.82, 2.24) is 9.80 Å². The first-order chi connectivity index (χ1) is 15.1. The summed E-state index contributed by atoms with van der Waals surface area (Å²) < 4.78 is 16.1. The molecular weight excluding hydrogens is 420 g/mol. The van der Waals surface area contributed by atoms with Crippen molar-refractivity contribution in [3.63, 3.8) is 0 Å². The Balaban J connectivity index is 1.50. The molecule has 1 aromatic carbocycles. The van der Waals surface area contributed by atoms with Gasteiger partial charge in [-0.25, -0.2) is 0 Å². The van der Waals surface area contributed by atoms with Gasteiger partial charge in [0.2, 0.25) is 6.79 Å². The lowest BCUT2D eigenvalue weighted by atomic mass is 9.99. The Morgan fingerprint density at radius 3 is 2.68 bits per heavy atom. The maximum atomic E-state index is 13.0. The lowest BCUT2D eigenvalue weighted by Crippen LogP contribution is -2.42. The number of amides is 1. The van der Waals surface area contributed by atoms with E-state index >= 15 is 0 Å². The van der Waals surface area contributed by atoms with Crippen LogP contribution in [0.4, 0.5) is 0 Å². The first kappa shape index (κ1) is 20.0. The molecule has 5 rings (SSSR count). The summed E-state index contributed by atoms with van der Waals surface area (Å²) in [6.07, 6.45) is 0. The number of carbonyl (C=O) groups excluding carboxylic acids is 2. The van der Waals surface area contributed by atoms with E-state index in [-0.39, 0.29) is 18.1 Å². The maximum Gasteiger partial charge on any atom is 0.295 e. The molecule has 3 aliphatic rings. The third-order valence-electron chi connectivity index (χ3n) is 5.76. The van der Waals surface area contributed by atoms with Crippen molar-refractivity contribution in [2.75, 3.05) is 46.2 Å². The summed E-state index contributed by atoms with van der Waals surface area (Å²) in [5.41, 5.74) is 0.519. The van der Waals surface area contributed by atoms with Gasteiger partial charge in [0, 0.05) is 36.6 Å². The normalized spacial score (nSPS) is 23.0. The molecule has 0 radical (unpaired) electrons. The highest BCUT2D eigenvalue weighted by molar-refractivity contribution is 7.10. The zero-order valence-corrected chi connectivity index (χ0v) is 17.6. The molecule has 2 saturated heterocycles. The van der Waals surface area contributed by atoms with E-state index in [1.54, 1.807) is 23.1 Å². The summed E-state index contributed by atoms with van der Waals surface area (Å²) in [6.45, 7) is 4.07. The first-order valence-corrected chi connectivity index (χ1v) is 11.0. The van der Waals surface area contributed by atoms with E-state index in [0.717, 1.165) is 18.0 Å². The molecule has 1 atom stereocenters. The molecule has 0 aliphatic carbocycles. The van der Waals surface area contributed by atoms with Crippen LogP contribution in [-0.2, 0) is 14.3 Å². The van der Waals surface area contributed by atoms with Gasteiger partial charge >= 0.3 is 0 Å². The quantitative estimate of drug-likeness (QED) is 0.432. The Morgan fingerprint density at radius 2 is 1.90 bits per heavy atom. The van der Waals surface area contributed by atoms with E-state index in [0.29, 0.717) is 43.4 Å². The Bertz CT molecular complexity index is 1030. The lowest BCUT2D eigenvalue weighted by Gasteiger charge is -2.30. The molecule has 0 bridgehead atoms. The number of hydrogen-bond acceptors (Lipinski definition) is 8. The molecule has 8 nitrogen and oxygen atoms in total. The molecule has 1 amide bonds. The fourth-order valence-electron chi connectivity index (χ4n) is 4.13. The van der Waals surface area contributed by atoms with Gasteiger partial charge < -0.3 is 24.2 Å². The number of thiophene rings is 1. The summed E-state index contributed by atoms with van der Waals surface area (Å²) in [5, 5.41) is 13.0. The molecular formula is C22H22N2O6S. The molecule has 2 aromatic rings. The fourth-order valence-corrected chi connectivity index (χ4v) is 4.97. The van der Waals surface area contributed by atoms with Gasteiger partial charge in [-0.05, 0) is 29.6 Å². The summed E-state index contributed by atoms with van der Waals surface area (Å²) in [4.78, 5) is 30.6. The van der Waals surface area contributed by atoms with Gasteiger partial charge in [0.15, 0.2) is 11.5 Å². The number of nitrogens with zero attached hydrogens (tertiary/aromatic N) is 2. The molecule has 1 unspecified atom stereocenters. The van der Waals surface area contributed by atoms with Gasteiger partial charge in [-0.15, -0.1) is 11.3 Å². The van der Waals surface area contributed by atoms with Gasteiger partial charge in [0.25, 0.3) is 11.7 Å². The predicted octanol–water partition coefficient (Wildman–Crippen LogP) is 2.23. The summed E-state index contributed by atoms with van der Waals surface area (Å²) >= 11 is 1.46. The Morgan fingerprint density at radius 1 is 1.10 bits per heavy atom. The highest BCUT2D eigenvalue weighted by Crippen LogP contribution is 2.42. The van der Waals surface area contributed by atoms with Crippen LogP contribution in [0.1, 0.15) is 16.5 Å². The molecule has 1 N–H and O–H groups in total. The third-order valence-corrected chi connectivity index (χ3v) is 6.68. The summed E-state index contributed by atoms with van der Waals surface area (Å²) in [6, 6.07) is 8.12. The van der Waals surface area contributed by atoms with Crippen molar-refractivity contribution in [3.8, 4) is 11.5 Å². The number of ketones is 1. The minimum Gasteiger partial charge on any atom is -0.507 e. The van der Waals surface area contributed by atoms with Gasteiger partial charge in [0.1, 0.15) is 5.76 Å². The van der Waals surface area contributed by atoms with E-state index in [9.17, 15) is 14.7 Å². The van der Waals surface area contributed by atoms with Crippen molar-refractivity contribution in [1.29, 1.82) is 0 Å². The maximum absolute atomic E-state index is 13.0. The van der Waals surface area contributed by atoms with Gasteiger partial charge in [-0.1, -0.05) is 6.07 Å². The average Bonchev–Trinajstić information content (AvgIpc) is 3.53. The minimum atomic E-state index is -0.671. The van der Waals surface area contributed by atoms with Crippen LogP contribution in [0.2, 0.25) is 0 Å². The van der Waals surface area contributed by atoms with Crippen LogP contribution >= 0.6 is 11.3 Å². The summed E-state index contributed by atoms with van der Waals surface area (Å²) in [5.74, 6) is -0.385. The number of Topliss-reactive ketones (excluding diaryl/α,β-unsaturated/α-hetero) is 1. The molecule has 9 heteroatoms. The Kier molecular flexibility index (Phi) is 5.39. The second-order valence-corrected chi connectivity index (χ2v) is 8.51. The summed E-state index contributed by atoms with van der Waals surface area (Å²) in [7, 11) is 0. The van der Waals surface area contributed by atoms with Crippen molar-refractivity contribution >= 4 is 28.8 Å². The van der Waals surface area contributed by atoms with Crippen molar-refractivity contribution in [2.45, 2.75) is 6.04 Å². The van der Waals surface area contributed by atoms with E-state index in [1.807, 2.05) is 17.5 Å². The molecule has 2 fully saturated rings. The second kappa shape index (κ2) is 8.33. The zero-order chi connectivity index (χ0) is 21.4. The van der Waals surface area contributed by atoms with E-state index in [1.165, 1.54) is 11.3 Å². The number of likely N-dealkylation sites (tertiary alicyclic amines) is 1. The molecule has 4 heterocycles. The number of hydrogen-bond donors (Lipinski definition) is 1. The van der Waals surface area contributed by atoms with Crippen molar-refractivity contribution in [2.24, 2.45) is 0 Å². The predicted molar refractivity (Wildman–Crippen MR) is 113 cm³/mol.